The molecule has 0 unspecified atom stereocenters. The third-order valence-corrected chi connectivity index (χ3v) is 3.90. The van der Waals surface area contributed by atoms with Gasteiger partial charge in [0.1, 0.15) is 5.82 Å². The molecule has 1 rings (SSSR count). The molecule has 1 aromatic carbocycles. The lowest BCUT2D eigenvalue weighted by atomic mass is 9.83. The first-order chi connectivity index (χ1) is 8.56. The summed E-state index contributed by atoms with van der Waals surface area (Å²) in [4.78, 5) is 0. The van der Waals surface area contributed by atoms with Gasteiger partial charge in [0.15, 0.2) is 0 Å². The van der Waals surface area contributed by atoms with Crippen LogP contribution in [-0.4, -0.2) is 18.3 Å². The molecule has 18 heavy (non-hydrogen) atoms. The standard InChI is InChI=1S/C14H21ClFNO/c1-3-14(4-2,10-18)9-17-8-11-5-6-12(15)7-13(11)16/h5-7,17-18H,3-4,8-10H2,1-2H3. The summed E-state index contributed by atoms with van der Waals surface area (Å²) < 4.78 is 13.5. The van der Waals surface area contributed by atoms with E-state index in [0.717, 1.165) is 12.8 Å². The predicted octanol–water partition coefficient (Wildman–Crippen LogP) is 3.37. The van der Waals surface area contributed by atoms with Crippen LogP contribution in [0.3, 0.4) is 0 Å². The van der Waals surface area contributed by atoms with Gasteiger partial charge >= 0.3 is 0 Å². The molecule has 0 saturated carbocycles. The summed E-state index contributed by atoms with van der Waals surface area (Å²) >= 11 is 5.70. The third-order valence-electron chi connectivity index (χ3n) is 3.67. The van der Waals surface area contributed by atoms with Crippen LogP contribution in [0.2, 0.25) is 5.02 Å². The monoisotopic (exact) mass is 273 g/mol. The zero-order valence-corrected chi connectivity index (χ0v) is 11.7. The van der Waals surface area contributed by atoms with E-state index in [1.165, 1.54) is 6.07 Å². The largest absolute Gasteiger partial charge is 0.396 e. The molecule has 2 nitrogen and oxygen atoms in total. The topological polar surface area (TPSA) is 32.3 Å². The molecule has 102 valence electrons. The van der Waals surface area contributed by atoms with Crippen molar-refractivity contribution in [3.05, 3.63) is 34.6 Å². The minimum Gasteiger partial charge on any atom is -0.396 e. The van der Waals surface area contributed by atoms with Gasteiger partial charge in [0, 0.05) is 35.7 Å². The quantitative estimate of drug-likeness (QED) is 0.798. The fourth-order valence-corrected chi connectivity index (χ4v) is 2.07. The van der Waals surface area contributed by atoms with Crippen LogP contribution in [0, 0.1) is 11.2 Å². The van der Waals surface area contributed by atoms with Crippen molar-refractivity contribution in [2.45, 2.75) is 33.2 Å². The van der Waals surface area contributed by atoms with Crippen molar-refractivity contribution in [1.82, 2.24) is 5.32 Å². The van der Waals surface area contributed by atoms with Crippen molar-refractivity contribution in [3.63, 3.8) is 0 Å². The minimum absolute atomic E-state index is 0.108. The molecule has 0 aromatic heterocycles. The van der Waals surface area contributed by atoms with Crippen LogP contribution in [0.5, 0.6) is 0 Å². The summed E-state index contributed by atoms with van der Waals surface area (Å²) in [5.74, 6) is -0.294. The number of aliphatic hydroxyl groups is 1. The molecule has 0 radical (unpaired) electrons. The van der Waals surface area contributed by atoms with Crippen molar-refractivity contribution in [1.29, 1.82) is 0 Å². The van der Waals surface area contributed by atoms with E-state index in [4.69, 9.17) is 11.6 Å². The molecule has 0 bridgehead atoms. The van der Waals surface area contributed by atoms with Crippen molar-refractivity contribution >= 4 is 11.6 Å². The third kappa shape index (κ3) is 3.94. The Kier molecular flexibility index (Phi) is 6.06. The number of halogens is 2. The van der Waals surface area contributed by atoms with E-state index in [1.54, 1.807) is 12.1 Å². The Labute approximate surface area is 113 Å². The fourth-order valence-electron chi connectivity index (χ4n) is 1.91. The zero-order valence-electron chi connectivity index (χ0n) is 11.0. The summed E-state index contributed by atoms with van der Waals surface area (Å²) in [5, 5.41) is 13.1. The van der Waals surface area contributed by atoms with E-state index >= 15 is 0 Å². The van der Waals surface area contributed by atoms with Gasteiger partial charge in [0.25, 0.3) is 0 Å². The lowest BCUT2D eigenvalue weighted by molar-refractivity contribution is 0.113. The van der Waals surface area contributed by atoms with Crippen LogP contribution in [0.1, 0.15) is 32.3 Å². The second-order valence-electron chi connectivity index (χ2n) is 4.70. The Balaban J connectivity index is 2.55. The summed E-state index contributed by atoms with van der Waals surface area (Å²) in [6.07, 6.45) is 1.80. The van der Waals surface area contributed by atoms with Crippen LogP contribution >= 0.6 is 11.6 Å². The van der Waals surface area contributed by atoms with E-state index < -0.39 is 0 Å². The number of benzene rings is 1. The number of rotatable bonds is 7. The maximum Gasteiger partial charge on any atom is 0.129 e. The summed E-state index contributed by atoms with van der Waals surface area (Å²) in [6.45, 7) is 5.40. The van der Waals surface area contributed by atoms with Crippen LogP contribution in [0.25, 0.3) is 0 Å². The molecular weight excluding hydrogens is 253 g/mol. The molecule has 0 amide bonds. The predicted molar refractivity (Wildman–Crippen MR) is 73.2 cm³/mol. The molecule has 4 heteroatoms. The van der Waals surface area contributed by atoms with Crippen molar-refractivity contribution in [2.75, 3.05) is 13.2 Å². The van der Waals surface area contributed by atoms with Crippen molar-refractivity contribution < 1.29 is 9.50 Å². The Bertz CT molecular complexity index is 372. The van der Waals surface area contributed by atoms with E-state index in [1.807, 2.05) is 0 Å². The number of hydrogen-bond donors (Lipinski definition) is 2. The number of aliphatic hydroxyl groups excluding tert-OH is 1. The summed E-state index contributed by atoms with van der Waals surface area (Å²) in [5.41, 5.74) is 0.488. The van der Waals surface area contributed by atoms with Crippen LogP contribution in [0.4, 0.5) is 4.39 Å². The van der Waals surface area contributed by atoms with Gasteiger partial charge in [-0.1, -0.05) is 31.5 Å². The van der Waals surface area contributed by atoms with Gasteiger partial charge in [-0.3, -0.25) is 0 Å². The first-order valence-electron chi connectivity index (χ1n) is 6.32. The molecule has 0 spiro atoms. The Morgan fingerprint density at radius 2 is 2.00 bits per heavy atom. The summed E-state index contributed by atoms with van der Waals surface area (Å²) in [7, 11) is 0. The van der Waals surface area contributed by atoms with Crippen molar-refractivity contribution in [3.8, 4) is 0 Å². The highest BCUT2D eigenvalue weighted by molar-refractivity contribution is 6.30. The second kappa shape index (κ2) is 7.07. The normalized spacial score (nSPS) is 11.8. The highest BCUT2D eigenvalue weighted by Crippen LogP contribution is 2.24. The molecule has 0 aliphatic rings. The van der Waals surface area contributed by atoms with Crippen LogP contribution < -0.4 is 5.32 Å². The van der Waals surface area contributed by atoms with Gasteiger partial charge in [-0.25, -0.2) is 4.39 Å². The summed E-state index contributed by atoms with van der Waals surface area (Å²) in [6, 6.07) is 4.68. The Morgan fingerprint density at radius 3 is 2.50 bits per heavy atom. The lowest BCUT2D eigenvalue weighted by Crippen LogP contribution is -2.36. The number of hydrogen-bond acceptors (Lipinski definition) is 2. The maximum atomic E-state index is 13.5. The molecular formula is C14H21ClFNO. The van der Waals surface area contributed by atoms with E-state index in [2.05, 4.69) is 19.2 Å². The van der Waals surface area contributed by atoms with Gasteiger partial charge < -0.3 is 10.4 Å². The zero-order chi connectivity index (χ0) is 13.6. The Hall–Kier alpha value is -0.640. The maximum absolute atomic E-state index is 13.5. The molecule has 0 fully saturated rings. The highest BCUT2D eigenvalue weighted by atomic mass is 35.5. The fraction of sp³-hybridized carbons (Fsp3) is 0.571. The minimum atomic E-state index is -0.294. The average Bonchev–Trinajstić information content (AvgIpc) is 2.38. The number of nitrogens with one attached hydrogen (secondary N) is 1. The first-order valence-corrected chi connectivity index (χ1v) is 6.70. The van der Waals surface area contributed by atoms with Crippen molar-refractivity contribution in [2.24, 2.45) is 5.41 Å². The second-order valence-corrected chi connectivity index (χ2v) is 5.14. The first kappa shape index (κ1) is 15.4. The van der Waals surface area contributed by atoms with Crippen LogP contribution in [-0.2, 0) is 6.54 Å². The van der Waals surface area contributed by atoms with Gasteiger partial charge in [-0.05, 0) is 25.0 Å². The highest BCUT2D eigenvalue weighted by Gasteiger charge is 2.24. The molecule has 0 saturated heterocycles. The SMILES string of the molecule is CCC(CC)(CO)CNCc1ccc(Cl)cc1F. The van der Waals surface area contributed by atoms with Gasteiger partial charge in [-0.15, -0.1) is 0 Å². The van der Waals surface area contributed by atoms with E-state index in [0.29, 0.717) is 23.7 Å². The Morgan fingerprint density at radius 1 is 1.33 bits per heavy atom. The molecule has 0 heterocycles. The van der Waals surface area contributed by atoms with E-state index in [9.17, 15) is 9.50 Å². The van der Waals surface area contributed by atoms with E-state index in [-0.39, 0.29) is 17.8 Å². The molecule has 0 atom stereocenters. The van der Waals surface area contributed by atoms with Gasteiger partial charge in [0.05, 0.1) is 0 Å². The molecule has 1 aromatic rings. The van der Waals surface area contributed by atoms with Gasteiger partial charge in [-0.2, -0.15) is 0 Å². The van der Waals surface area contributed by atoms with Gasteiger partial charge in [0.2, 0.25) is 0 Å². The van der Waals surface area contributed by atoms with Crippen LogP contribution in [0.15, 0.2) is 18.2 Å². The molecule has 2 N–H and O–H groups in total. The molecule has 0 aliphatic heterocycles. The smallest absolute Gasteiger partial charge is 0.129 e. The average molecular weight is 274 g/mol. The lowest BCUT2D eigenvalue weighted by Gasteiger charge is -2.29. The molecule has 0 aliphatic carbocycles.